The lowest BCUT2D eigenvalue weighted by Gasteiger charge is -1.99. The Morgan fingerprint density at radius 1 is 1.32 bits per heavy atom. The van der Waals surface area contributed by atoms with E-state index in [4.69, 9.17) is 11.6 Å². The number of hydrogen-bond donors (Lipinski definition) is 1. The molecule has 4 aromatic rings. The summed E-state index contributed by atoms with van der Waals surface area (Å²) in [5, 5.41) is 8.99. The maximum atomic E-state index is 12.6. The van der Waals surface area contributed by atoms with Gasteiger partial charge in [-0.1, -0.05) is 23.7 Å². The molecule has 8 heteroatoms. The molecule has 4 rings (SSSR count). The maximum absolute atomic E-state index is 12.6. The molecular formula is C14H7ClN4O2S. The van der Waals surface area contributed by atoms with Crippen LogP contribution in [0.2, 0.25) is 5.02 Å². The standard InChI is InChI=1S/C14H7ClN4O2S/c15-8-3-1-2-7(6-8)11(20)10-13-16-14(21)12-9(4-5-22-12)19(13)18-17-10/h1-6,18H. The lowest BCUT2D eigenvalue weighted by atomic mass is 10.1. The Hall–Kier alpha value is -2.51. The summed E-state index contributed by atoms with van der Waals surface area (Å²) in [5.41, 5.74) is 0.971. The van der Waals surface area contributed by atoms with Crippen LogP contribution in [0.3, 0.4) is 0 Å². The fourth-order valence-electron chi connectivity index (χ4n) is 2.28. The predicted molar refractivity (Wildman–Crippen MR) is 83.9 cm³/mol. The van der Waals surface area contributed by atoms with E-state index in [0.717, 1.165) is 0 Å². The molecule has 0 saturated carbocycles. The number of hydrogen-bond acceptors (Lipinski definition) is 5. The first kappa shape index (κ1) is 13.2. The Labute approximate surface area is 132 Å². The summed E-state index contributed by atoms with van der Waals surface area (Å²) in [4.78, 5) is 28.6. The Morgan fingerprint density at radius 2 is 2.18 bits per heavy atom. The second-order valence-corrected chi connectivity index (χ2v) is 5.96. The number of fused-ring (bicyclic) bond motifs is 3. The molecule has 0 amide bonds. The van der Waals surface area contributed by atoms with Gasteiger partial charge >= 0.3 is 0 Å². The number of benzene rings is 1. The molecule has 6 nitrogen and oxygen atoms in total. The number of carbonyl (C=O) groups excluding carboxylic acids is 1. The van der Waals surface area contributed by atoms with Gasteiger partial charge in [0.2, 0.25) is 5.78 Å². The number of ketones is 1. The summed E-state index contributed by atoms with van der Waals surface area (Å²) < 4.78 is 2.05. The minimum atomic E-state index is -0.369. The van der Waals surface area contributed by atoms with Gasteiger partial charge in [0.1, 0.15) is 4.70 Å². The van der Waals surface area contributed by atoms with Crippen LogP contribution in [-0.4, -0.2) is 25.6 Å². The number of rotatable bonds is 2. The summed E-state index contributed by atoms with van der Waals surface area (Å²) >= 11 is 7.21. The van der Waals surface area contributed by atoms with Crippen LogP contribution in [0.15, 0.2) is 40.5 Å². The van der Waals surface area contributed by atoms with Crippen LogP contribution in [0.4, 0.5) is 0 Å². The molecule has 0 aliphatic rings. The van der Waals surface area contributed by atoms with Gasteiger partial charge < -0.3 is 0 Å². The van der Waals surface area contributed by atoms with E-state index in [1.807, 2.05) is 0 Å². The normalized spacial score (nSPS) is 11.3. The maximum Gasteiger partial charge on any atom is 0.291 e. The molecule has 0 spiro atoms. The van der Waals surface area contributed by atoms with Crippen LogP contribution in [0.5, 0.6) is 0 Å². The fourth-order valence-corrected chi connectivity index (χ4v) is 3.23. The van der Waals surface area contributed by atoms with Crippen molar-refractivity contribution in [3.8, 4) is 0 Å². The minimum Gasteiger partial charge on any atom is -0.287 e. The molecule has 22 heavy (non-hydrogen) atoms. The molecule has 3 heterocycles. The number of carbonyl (C=O) groups is 1. The van der Waals surface area contributed by atoms with Crippen LogP contribution in [0.1, 0.15) is 16.1 Å². The van der Waals surface area contributed by atoms with E-state index in [9.17, 15) is 9.59 Å². The summed E-state index contributed by atoms with van der Waals surface area (Å²) in [5.74, 6) is -0.345. The first-order valence-electron chi connectivity index (χ1n) is 6.30. The van der Waals surface area contributed by atoms with E-state index >= 15 is 0 Å². The molecule has 0 atom stereocenters. The molecule has 0 radical (unpaired) electrons. The van der Waals surface area contributed by atoms with Crippen molar-refractivity contribution in [3.63, 3.8) is 0 Å². The number of thiophene rings is 1. The van der Waals surface area contributed by atoms with Crippen molar-refractivity contribution in [2.45, 2.75) is 0 Å². The van der Waals surface area contributed by atoms with Gasteiger partial charge in [-0.15, -0.1) is 11.3 Å². The zero-order valence-electron chi connectivity index (χ0n) is 10.9. The van der Waals surface area contributed by atoms with E-state index in [1.165, 1.54) is 15.9 Å². The lowest BCUT2D eigenvalue weighted by molar-refractivity contribution is 0.103. The van der Waals surface area contributed by atoms with Gasteiger partial charge in [0.05, 0.1) is 5.52 Å². The summed E-state index contributed by atoms with van der Waals surface area (Å²) in [6, 6.07) is 8.33. The van der Waals surface area contributed by atoms with Crippen molar-refractivity contribution in [1.82, 2.24) is 19.8 Å². The molecular weight excluding hydrogens is 324 g/mol. The third-order valence-corrected chi connectivity index (χ3v) is 4.40. The topological polar surface area (TPSA) is 80.1 Å². The number of aromatic nitrogens is 4. The van der Waals surface area contributed by atoms with E-state index in [1.54, 1.807) is 35.7 Å². The molecule has 0 bridgehead atoms. The van der Waals surface area contributed by atoms with Gasteiger partial charge in [0.25, 0.3) is 5.56 Å². The van der Waals surface area contributed by atoms with Crippen molar-refractivity contribution < 1.29 is 4.79 Å². The van der Waals surface area contributed by atoms with Crippen molar-refractivity contribution in [1.29, 1.82) is 0 Å². The number of aromatic amines is 1. The third kappa shape index (κ3) is 1.87. The fraction of sp³-hybridized carbons (Fsp3) is 0. The number of nitrogens with one attached hydrogen (secondary N) is 1. The Balaban J connectivity index is 1.98. The van der Waals surface area contributed by atoms with E-state index < -0.39 is 0 Å². The number of nitrogens with zero attached hydrogens (tertiary/aromatic N) is 3. The number of H-pyrrole nitrogens is 1. The Bertz CT molecular complexity index is 1100. The highest BCUT2D eigenvalue weighted by atomic mass is 35.5. The van der Waals surface area contributed by atoms with Crippen molar-refractivity contribution >= 4 is 44.6 Å². The second-order valence-electron chi connectivity index (χ2n) is 4.61. The first-order valence-corrected chi connectivity index (χ1v) is 7.55. The average molecular weight is 331 g/mol. The minimum absolute atomic E-state index is 0.0902. The monoisotopic (exact) mass is 330 g/mol. The molecule has 0 aliphatic carbocycles. The van der Waals surface area contributed by atoms with Gasteiger partial charge in [-0.05, 0) is 23.6 Å². The Kier molecular flexibility index (Phi) is 2.85. The highest BCUT2D eigenvalue weighted by molar-refractivity contribution is 7.17. The van der Waals surface area contributed by atoms with Crippen LogP contribution >= 0.6 is 22.9 Å². The van der Waals surface area contributed by atoms with Gasteiger partial charge in [-0.25, -0.2) is 9.73 Å². The second kappa shape index (κ2) is 4.75. The van der Waals surface area contributed by atoms with E-state index in [0.29, 0.717) is 20.8 Å². The smallest absolute Gasteiger partial charge is 0.287 e. The zero-order valence-corrected chi connectivity index (χ0v) is 12.5. The van der Waals surface area contributed by atoms with Gasteiger partial charge in [-0.2, -0.15) is 10.1 Å². The zero-order chi connectivity index (χ0) is 15.3. The van der Waals surface area contributed by atoms with E-state index in [2.05, 4.69) is 15.3 Å². The molecule has 0 aliphatic heterocycles. The quantitative estimate of drug-likeness (QED) is 0.573. The average Bonchev–Trinajstić information content (AvgIpc) is 3.13. The van der Waals surface area contributed by atoms with Crippen LogP contribution in [-0.2, 0) is 0 Å². The molecule has 1 aromatic carbocycles. The molecule has 0 fully saturated rings. The summed E-state index contributed by atoms with van der Waals surface area (Å²) in [6.45, 7) is 0. The third-order valence-electron chi connectivity index (χ3n) is 3.27. The van der Waals surface area contributed by atoms with Gasteiger partial charge in [0, 0.05) is 10.6 Å². The SMILES string of the molecule is O=C(c1cccc(Cl)c1)c1n[nH]n2c1nc(=O)c1sccc12. The Morgan fingerprint density at radius 3 is 3.00 bits per heavy atom. The highest BCUT2D eigenvalue weighted by Crippen LogP contribution is 2.20. The van der Waals surface area contributed by atoms with Crippen molar-refractivity contribution in [3.05, 3.63) is 62.3 Å². The van der Waals surface area contributed by atoms with Crippen LogP contribution in [0.25, 0.3) is 15.9 Å². The van der Waals surface area contributed by atoms with Crippen molar-refractivity contribution in [2.24, 2.45) is 0 Å². The molecule has 0 unspecified atom stereocenters. The van der Waals surface area contributed by atoms with Gasteiger partial charge in [-0.3, -0.25) is 9.59 Å². The largest absolute Gasteiger partial charge is 0.291 e. The van der Waals surface area contributed by atoms with Gasteiger partial charge in [0.15, 0.2) is 11.3 Å². The lowest BCUT2D eigenvalue weighted by Crippen LogP contribution is -2.10. The van der Waals surface area contributed by atoms with Crippen molar-refractivity contribution in [2.75, 3.05) is 0 Å². The predicted octanol–water partition coefficient (Wildman–Crippen LogP) is 2.52. The summed E-state index contributed by atoms with van der Waals surface area (Å²) in [7, 11) is 0. The molecule has 3 aromatic heterocycles. The molecule has 0 saturated heterocycles. The highest BCUT2D eigenvalue weighted by Gasteiger charge is 2.20. The van der Waals surface area contributed by atoms with Crippen LogP contribution in [0, 0.1) is 0 Å². The first-order chi connectivity index (χ1) is 10.6. The van der Waals surface area contributed by atoms with E-state index in [-0.39, 0.29) is 22.7 Å². The number of halogens is 1. The molecule has 1 N–H and O–H groups in total. The summed E-state index contributed by atoms with van der Waals surface area (Å²) in [6.07, 6.45) is 0. The van der Waals surface area contributed by atoms with Crippen LogP contribution < -0.4 is 5.56 Å². The molecule has 108 valence electrons.